The molecule has 4 rings (SSSR count). The normalized spacial score (nSPS) is 19.2. The number of fused-ring (bicyclic) bond motifs is 2. The van der Waals surface area contributed by atoms with Crippen LogP contribution in [-0.2, 0) is 0 Å². The molecule has 0 amide bonds. The number of rotatable bonds is 2. The maximum atomic E-state index is 2.40. The lowest BCUT2D eigenvalue weighted by atomic mass is 10.1. The zero-order chi connectivity index (χ0) is 12.3. The minimum atomic E-state index is 0.638. The molecule has 1 saturated heterocycles. The van der Waals surface area contributed by atoms with Crippen LogP contribution in [0.5, 0.6) is 0 Å². The maximum absolute atomic E-state index is 2.40. The summed E-state index contributed by atoms with van der Waals surface area (Å²) in [5, 5.41) is 3.66. The molecule has 0 N–H and O–H groups in total. The predicted molar refractivity (Wildman–Crippen MR) is 86.5 cm³/mol. The minimum absolute atomic E-state index is 0.638. The highest BCUT2D eigenvalue weighted by molar-refractivity contribution is 8.06. The van der Waals surface area contributed by atoms with Crippen molar-refractivity contribution in [2.45, 2.75) is 25.0 Å². The fourth-order valence-electron chi connectivity index (χ4n) is 2.27. The molecule has 1 fully saturated rings. The quantitative estimate of drug-likeness (QED) is 0.519. The summed E-state index contributed by atoms with van der Waals surface area (Å²) in [6.45, 7) is 4.55. The molecule has 3 aromatic rings. The lowest BCUT2D eigenvalue weighted by Crippen LogP contribution is -1.77. The van der Waals surface area contributed by atoms with E-state index in [0.29, 0.717) is 5.92 Å². The van der Waals surface area contributed by atoms with Crippen molar-refractivity contribution in [3.05, 3.63) is 34.0 Å². The van der Waals surface area contributed by atoms with Crippen LogP contribution in [0.4, 0.5) is 0 Å². The van der Waals surface area contributed by atoms with E-state index in [2.05, 4.69) is 49.9 Å². The van der Waals surface area contributed by atoms with E-state index in [1.165, 1.54) is 30.8 Å². The monoisotopic (exact) mass is 290 g/mol. The van der Waals surface area contributed by atoms with Gasteiger partial charge in [0.25, 0.3) is 0 Å². The van der Waals surface area contributed by atoms with E-state index in [9.17, 15) is 0 Å². The van der Waals surface area contributed by atoms with Crippen molar-refractivity contribution in [3.63, 3.8) is 0 Å². The number of benzene rings is 1. The van der Waals surface area contributed by atoms with Crippen LogP contribution >= 0.6 is 34.4 Å². The first-order valence-electron chi connectivity index (χ1n) is 6.29. The van der Waals surface area contributed by atoms with Crippen LogP contribution in [0.15, 0.2) is 24.3 Å². The number of thioether (sulfide) groups is 1. The number of thiophene rings is 2. The highest BCUT2D eigenvalue weighted by Gasteiger charge is 2.26. The van der Waals surface area contributed by atoms with Crippen molar-refractivity contribution in [2.24, 2.45) is 0 Å². The van der Waals surface area contributed by atoms with Crippen molar-refractivity contribution in [1.29, 1.82) is 0 Å². The van der Waals surface area contributed by atoms with Crippen LogP contribution in [0.1, 0.15) is 34.8 Å². The molecule has 0 aliphatic carbocycles. The molecular weight excluding hydrogens is 276 g/mol. The molecule has 0 spiro atoms. The van der Waals surface area contributed by atoms with Gasteiger partial charge in [0, 0.05) is 30.2 Å². The molecule has 0 radical (unpaired) electrons. The molecule has 2 aromatic heterocycles. The lowest BCUT2D eigenvalue weighted by molar-refractivity contribution is 0.890. The Labute approximate surface area is 119 Å². The van der Waals surface area contributed by atoms with Gasteiger partial charge in [-0.25, -0.2) is 0 Å². The van der Waals surface area contributed by atoms with Crippen LogP contribution in [0, 0.1) is 0 Å². The Morgan fingerprint density at radius 2 is 1.67 bits per heavy atom. The second-order valence-electron chi connectivity index (χ2n) is 5.20. The zero-order valence-corrected chi connectivity index (χ0v) is 12.8. The highest BCUT2D eigenvalue weighted by atomic mass is 32.2. The van der Waals surface area contributed by atoms with Crippen LogP contribution in [-0.4, -0.2) is 5.75 Å². The van der Waals surface area contributed by atoms with E-state index in [1.807, 2.05) is 22.7 Å². The Balaban J connectivity index is 1.92. The van der Waals surface area contributed by atoms with Gasteiger partial charge >= 0.3 is 0 Å². The summed E-state index contributed by atoms with van der Waals surface area (Å²) >= 11 is 6.00. The largest absolute Gasteiger partial charge is 0.151 e. The standard InChI is InChI=1S/C15H14S3/c1-8(2)11-3-9-4-13-10(5-12(9)17-11)6-14(18-13)15-7-16-15/h3-6,8,15H,7H2,1-2H3. The molecule has 18 heavy (non-hydrogen) atoms. The third-order valence-corrected chi connectivity index (χ3v) is 7.09. The summed E-state index contributed by atoms with van der Waals surface area (Å²) in [7, 11) is 0. The number of hydrogen-bond donors (Lipinski definition) is 0. The molecule has 1 aliphatic heterocycles. The molecule has 1 aliphatic rings. The Bertz CT molecular complexity index is 626. The predicted octanol–water partition coefficient (Wildman–Crippen LogP) is 6.03. The topological polar surface area (TPSA) is 0 Å². The summed E-state index contributed by atoms with van der Waals surface area (Å²) in [5.74, 6) is 1.96. The van der Waals surface area contributed by atoms with Crippen LogP contribution in [0.3, 0.4) is 0 Å². The molecular formula is C15H14S3. The lowest BCUT2D eigenvalue weighted by Gasteiger charge is -1.96. The van der Waals surface area contributed by atoms with Crippen LogP contribution < -0.4 is 0 Å². The van der Waals surface area contributed by atoms with Gasteiger partial charge in [0.1, 0.15) is 0 Å². The molecule has 92 valence electrons. The molecule has 1 atom stereocenters. The molecule has 0 nitrogen and oxygen atoms in total. The first kappa shape index (κ1) is 11.3. The molecule has 3 heterocycles. The second kappa shape index (κ2) is 3.99. The number of hydrogen-bond acceptors (Lipinski definition) is 3. The van der Waals surface area contributed by atoms with Gasteiger partial charge in [0.05, 0.1) is 0 Å². The third-order valence-electron chi connectivity index (χ3n) is 3.41. The summed E-state index contributed by atoms with van der Waals surface area (Å²) in [6.07, 6.45) is 0. The van der Waals surface area contributed by atoms with Crippen LogP contribution in [0.2, 0.25) is 0 Å². The third kappa shape index (κ3) is 1.80. The van der Waals surface area contributed by atoms with Gasteiger partial charge in [-0.3, -0.25) is 0 Å². The summed E-state index contributed by atoms with van der Waals surface area (Å²) in [5.41, 5.74) is 0. The molecule has 3 heteroatoms. The fraction of sp³-hybridized carbons (Fsp3) is 0.333. The van der Waals surface area contributed by atoms with Gasteiger partial charge in [0.15, 0.2) is 0 Å². The SMILES string of the molecule is CC(C)c1cc2cc3sc(C4CS4)cc3cc2s1. The van der Waals surface area contributed by atoms with E-state index in [-0.39, 0.29) is 0 Å². The van der Waals surface area contributed by atoms with E-state index in [4.69, 9.17) is 0 Å². The molecule has 1 unspecified atom stereocenters. The first-order chi connectivity index (χ1) is 8.70. The maximum Gasteiger partial charge on any atom is 0.0482 e. The van der Waals surface area contributed by atoms with Crippen LogP contribution in [0.25, 0.3) is 20.2 Å². The first-order valence-corrected chi connectivity index (χ1v) is 8.97. The average molecular weight is 290 g/mol. The molecule has 0 bridgehead atoms. The van der Waals surface area contributed by atoms with Gasteiger partial charge in [-0.15, -0.1) is 22.7 Å². The van der Waals surface area contributed by atoms with Crippen molar-refractivity contribution in [3.8, 4) is 0 Å². The molecule has 0 saturated carbocycles. The Morgan fingerprint density at radius 3 is 2.33 bits per heavy atom. The van der Waals surface area contributed by atoms with Gasteiger partial charge in [-0.05, 0) is 41.0 Å². The van der Waals surface area contributed by atoms with Gasteiger partial charge in [-0.1, -0.05) is 13.8 Å². The summed E-state index contributed by atoms with van der Waals surface area (Å²) < 4.78 is 2.90. The Morgan fingerprint density at radius 1 is 1.00 bits per heavy atom. The smallest absolute Gasteiger partial charge is 0.0482 e. The second-order valence-corrected chi connectivity index (χ2v) is 8.67. The zero-order valence-electron chi connectivity index (χ0n) is 10.4. The van der Waals surface area contributed by atoms with E-state index in [0.717, 1.165) is 5.25 Å². The van der Waals surface area contributed by atoms with Gasteiger partial charge in [-0.2, -0.15) is 11.8 Å². The van der Waals surface area contributed by atoms with Crippen molar-refractivity contribution >= 4 is 54.6 Å². The average Bonchev–Trinajstić information content (AvgIpc) is 2.97. The van der Waals surface area contributed by atoms with Gasteiger partial charge < -0.3 is 0 Å². The Kier molecular flexibility index (Phi) is 2.51. The van der Waals surface area contributed by atoms with Crippen molar-refractivity contribution < 1.29 is 0 Å². The molecule has 1 aromatic carbocycles. The minimum Gasteiger partial charge on any atom is -0.151 e. The Hall–Kier alpha value is -0.510. The van der Waals surface area contributed by atoms with Crippen molar-refractivity contribution in [2.75, 3.05) is 5.75 Å². The van der Waals surface area contributed by atoms with Crippen molar-refractivity contribution in [1.82, 2.24) is 0 Å². The van der Waals surface area contributed by atoms with E-state index in [1.54, 1.807) is 4.88 Å². The summed E-state index contributed by atoms with van der Waals surface area (Å²) in [4.78, 5) is 3.07. The highest BCUT2D eigenvalue weighted by Crippen LogP contribution is 2.50. The fourth-order valence-corrected chi connectivity index (χ4v) is 5.40. The summed E-state index contributed by atoms with van der Waals surface area (Å²) in [6, 6.07) is 9.54. The van der Waals surface area contributed by atoms with E-state index < -0.39 is 0 Å². The van der Waals surface area contributed by atoms with E-state index >= 15 is 0 Å². The van der Waals surface area contributed by atoms with Gasteiger partial charge in [0.2, 0.25) is 0 Å².